The molecule has 16 heteroatoms. The van der Waals surface area contributed by atoms with Crippen LogP contribution < -0.4 is 32.7 Å². The van der Waals surface area contributed by atoms with Crippen molar-refractivity contribution in [2.75, 3.05) is 26.2 Å². The van der Waals surface area contributed by atoms with E-state index in [2.05, 4.69) is 31.2 Å². The second-order valence-corrected chi connectivity index (χ2v) is 11.3. The molecular formula is C28H26N8O6S2. The topological polar surface area (TPSA) is 228 Å². The first kappa shape index (κ1) is 31.7. The predicted octanol–water partition coefficient (Wildman–Crippen LogP) is 0.245. The fourth-order valence-corrected chi connectivity index (χ4v) is 6.20. The summed E-state index contributed by atoms with van der Waals surface area (Å²) in [4.78, 5) is 81.6. The van der Waals surface area contributed by atoms with Crippen molar-refractivity contribution in [2.45, 2.75) is 9.79 Å². The zero-order chi connectivity index (χ0) is 31.6. The van der Waals surface area contributed by atoms with Crippen LogP contribution in [-0.4, -0.2) is 71.6 Å². The summed E-state index contributed by atoms with van der Waals surface area (Å²) in [7, 11) is 2.77. The molecule has 0 saturated carbocycles. The number of pyridine rings is 2. The number of primary amides is 2. The van der Waals surface area contributed by atoms with Gasteiger partial charge in [0.05, 0.1) is 48.3 Å². The number of nitrogens with zero attached hydrogens (tertiary/aromatic N) is 2. The third kappa shape index (κ3) is 8.20. The minimum absolute atomic E-state index is 0.316. The van der Waals surface area contributed by atoms with Gasteiger partial charge in [-0.2, -0.15) is 0 Å². The van der Waals surface area contributed by atoms with Gasteiger partial charge in [-0.1, -0.05) is 45.9 Å². The number of aromatic nitrogens is 2. The summed E-state index contributed by atoms with van der Waals surface area (Å²) in [5.74, 6) is -3.49. The number of rotatable bonds is 13. The average molecular weight is 635 g/mol. The standard InChI is InChI=1S/C28H26N8O6S2/c29-21(37)11-33-23(39)13-35-27(41)17-7-9-31-25-15(17)3-1-5-19(25)43-44-20-6-2-4-16-18(8-10-32-26(16)20)28(42)36-14-24(40)34-12-22(30)38/h1-10H,11-14H2,(H2,29,37)(H2,30,38)(H,33,39)(H,34,40)(H,35,41)(H,36,42). The highest BCUT2D eigenvalue weighted by Gasteiger charge is 2.17. The number of nitrogens with two attached hydrogens (primary N) is 2. The van der Waals surface area contributed by atoms with E-state index in [0.29, 0.717) is 32.9 Å². The minimum Gasteiger partial charge on any atom is -0.368 e. The van der Waals surface area contributed by atoms with Crippen LogP contribution >= 0.6 is 21.6 Å². The van der Waals surface area contributed by atoms with Crippen molar-refractivity contribution in [3.63, 3.8) is 0 Å². The first-order valence-corrected chi connectivity index (χ1v) is 15.1. The summed E-state index contributed by atoms with van der Waals surface area (Å²) in [6, 6.07) is 13.9. The molecule has 0 radical (unpaired) electrons. The van der Waals surface area contributed by atoms with Crippen LogP contribution in [-0.2, 0) is 19.2 Å². The maximum absolute atomic E-state index is 12.9. The number of carbonyl (C=O) groups is 6. The molecule has 8 N–H and O–H groups in total. The van der Waals surface area contributed by atoms with E-state index in [9.17, 15) is 28.8 Å². The smallest absolute Gasteiger partial charge is 0.252 e. The summed E-state index contributed by atoms with van der Waals surface area (Å²) in [6.45, 7) is -1.33. The second-order valence-electron chi connectivity index (χ2n) is 9.04. The fourth-order valence-electron chi connectivity index (χ4n) is 3.93. The van der Waals surface area contributed by atoms with Gasteiger partial charge in [0, 0.05) is 33.0 Å². The Morgan fingerprint density at radius 3 is 1.36 bits per heavy atom. The van der Waals surface area contributed by atoms with Crippen molar-refractivity contribution in [3.05, 3.63) is 72.1 Å². The van der Waals surface area contributed by atoms with Crippen LogP contribution in [0.3, 0.4) is 0 Å². The Hall–Kier alpha value is -5.22. The van der Waals surface area contributed by atoms with Crippen LogP contribution in [0.5, 0.6) is 0 Å². The Bertz CT molecular complexity index is 1650. The van der Waals surface area contributed by atoms with Gasteiger partial charge in [0.15, 0.2) is 0 Å². The van der Waals surface area contributed by atoms with Crippen LogP contribution in [0.25, 0.3) is 21.8 Å². The number of nitrogens with one attached hydrogen (secondary N) is 4. The SMILES string of the molecule is NC(=O)CNC(=O)CNC(=O)c1ccnc2c(SSc3cccc4c(C(=O)NCC(=O)NCC(N)=O)ccnc34)cccc12. The van der Waals surface area contributed by atoms with Gasteiger partial charge in [-0.05, 0) is 24.3 Å². The lowest BCUT2D eigenvalue weighted by atomic mass is 10.1. The number of hydrogen-bond donors (Lipinski definition) is 6. The van der Waals surface area contributed by atoms with E-state index in [4.69, 9.17) is 11.5 Å². The lowest BCUT2D eigenvalue weighted by molar-refractivity contribution is -0.124. The highest BCUT2D eigenvalue weighted by atomic mass is 33.1. The third-order valence-corrected chi connectivity index (χ3v) is 8.35. The maximum Gasteiger partial charge on any atom is 0.252 e. The summed E-state index contributed by atoms with van der Waals surface area (Å²) >= 11 is 0. The molecule has 226 valence electrons. The van der Waals surface area contributed by atoms with E-state index in [1.54, 1.807) is 36.4 Å². The molecule has 0 aliphatic carbocycles. The molecule has 0 aliphatic heterocycles. The Labute approximate surface area is 257 Å². The zero-order valence-corrected chi connectivity index (χ0v) is 24.6. The first-order chi connectivity index (χ1) is 21.1. The van der Waals surface area contributed by atoms with Gasteiger partial charge in [0.25, 0.3) is 11.8 Å². The molecule has 2 aromatic heterocycles. The van der Waals surface area contributed by atoms with Gasteiger partial charge in [-0.25, -0.2) is 0 Å². The van der Waals surface area contributed by atoms with Crippen molar-refractivity contribution in [1.82, 2.24) is 31.2 Å². The van der Waals surface area contributed by atoms with Crippen molar-refractivity contribution in [2.24, 2.45) is 11.5 Å². The molecular weight excluding hydrogens is 608 g/mol. The Kier molecular flexibility index (Phi) is 10.7. The summed E-state index contributed by atoms with van der Waals surface area (Å²) in [6.07, 6.45) is 3.00. The molecule has 0 fully saturated rings. The van der Waals surface area contributed by atoms with E-state index in [1.807, 2.05) is 12.1 Å². The van der Waals surface area contributed by atoms with Crippen molar-refractivity contribution >= 4 is 78.8 Å². The summed E-state index contributed by atoms with van der Waals surface area (Å²) < 4.78 is 0. The maximum atomic E-state index is 12.9. The molecule has 0 saturated heterocycles. The van der Waals surface area contributed by atoms with E-state index in [1.165, 1.54) is 34.0 Å². The molecule has 44 heavy (non-hydrogen) atoms. The van der Waals surface area contributed by atoms with Gasteiger partial charge >= 0.3 is 0 Å². The molecule has 0 spiro atoms. The van der Waals surface area contributed by atoms with Gasteiger partial charge < -0.3 is 32.7 Å². The molecule has 2 aromatic carbocycles. The Morgan fingerprint density at radius 1 is 0.568 bits per heavy atom. The first-order valence-electron chi connectivity index (χ1n) is 12.9. The lowest BCUT2D eigenvalue weighted by Crippen LogP contribution is -2.40. The molecule has 0 unspecified atom stereocenters. The molecule has 4 aromatic rings. The van der Waals surface area contributed by atoms with Crippen molar-refractivity contribution in [1.29, 1.82) is 0 Å². The van der Waals surface area contributed by atoms with Crippen molar-refractivity contribution < 1.29 is 28.8 Å². The monoisotopic (exact) mass is 634 g/mol. The third-order valence-electron chi connectivity index (χ3n) is 5.92. The number of para-hydroxylation sites is 2. The van der Waals surface area contributed by atoms with E-state index in [0.717, 1.165) is 9.79 Å². The Morgan fingerprint density at radius 2 is 0.977 bits per heavy atom. The van der Waals surface area contributed by atoms with Crippen LogP contribution in [0.1, 0.15) is 20.7 Å². The molecule has 2 heterocycles. The highest BCUT2D eigenvalue weighted by molar-refractivity contribution is 8.76. The molecule has 0 atom stereocenters. The number of fused-ring (bicyclic) bond motifs is 2. The number of hydrogen-bond acceptors (Lipinski definition) is 10. The molecule has 0 aliphatic rings. The minimum atomic E-state index is -0.696. The van der Waals surface area contributed by atoms with E-state index < -0.39 is 35.4 Å². The Balaban J connectivity index is 1.48. The van der Waals surface area contributed by atoms with Gasteiger partial charge in [0.2, 0.25) is 23.6 Å². The van der Waals surface area contributed by atoms with Gasteiger partial charge in [0.1, 0.15) is 0 Å². The summed E-state index contributed by atoms with van der Waals surface area (Å²) in [5, 5.41) is 10.8. The lowest BCUT2D eigenvalue weighted by Gasteiger charge is -2.11. The second kappa shape index (κ2) is 14.8. The average Bonchev–Trinajstić information content (AvgIpc) is 3.02. The number of amides is 6. The predicted molar refractivity (Wildman–Crippen MR) is 164 cm³/mol. The zero-order valence-electron chi connectivity index (χ0n) is 22.9. The summed E-state index contributed by atoms with van der Waals surface area (Å²) in [5.41, 5.74) is 11.8. The number of benzene rings is 2. The van der Waals surface area contributed by atoms with Crippen LogP contribution in [0, 0.1) is 0 Å². The largest absolute Gasteiger partial charge is 0.368 e. The molecule has 6 amide bonds. The normalized spacial score (nSPS) is 10.6. The molecule has 0 bridgehead atoms. The van der Waals surface area contributed by atoms with Crippen LogP contribution in [0.15, 0.2) is 70.7 Å². The quantitative estimate of drug-likeness (QED) is 0.110. The van der Waals surface area contributed by atoms with Crippen LogP contribution in [0.4, 0.5) is 0 Å². The fraction of sp³-hybridized carbons (Fsp3) is 0.143. The van der Waals surface area contributed by atoms with Crippen LogP contribution in [0.2, 0.25) is 0 Å². The van der Waals surface area contributed by atoms with Gasteiger partial charge in [-0.3, -0.25) is 38.7 Å². The molecule has 4 rings (SSSR count). The highest BCUT2D eigenvalue weighted by Crippen LogP contribution is 2.42. The number of carbonyl (C=O) groups excluding carboxylic acids is 6. The van der Waals surface area contributed by atoms with Gasteiger partial charge in [-0.15, -0.1) is 0 Å². The molecule has 14 nitrogen and oxygen atoms in total. The van der Waals surface area contributed by atoms with Crippen molar-refractivity contribution in [3.8, 4) is 0 Å². The van der Waals surface area contributed by atoms with E-state index in [-0.39, 0.29) is 26.2 Å². The van der Waals surface area contributed by atoms with E-state index >= 15 is 0 Å².